The first kappa shape index (κ1) is 29.9. The van der Waals surface area contributed by atoms with Crippen molar-refractivity contribution in [2.45, 2.75) is 91.1 Å². The molecule has 1 aromatic carbocycles. The molecule has 1 aliphatic heterocycles. The number of halogens is 1. The van der Waals surface area contributed by atoms with Crippen LogP contribution in [0.5, 0.6) is 0 Å². The van der Waals surface area contributed by atoms with Gasteiger partial charge in [0.2, 0.25) is 5.82 Å². The lowest BCUT2D eigenvalue weighted by Crippen LogP contribution is -2.46. The highest BCUT2D eigenvalue weighted by Crippen LogP contribution is 2.31. The molecular weight excluding hydrogens is 511 g/mol. The highest BCUT2D eigenvalue weighted by molar-refractivity contribution is 5.96. The Morgan fingerprint density at radius 2 is 1.62 bits per heavy atom. The van der Waals surface area contributed by atoms with E-state index >= 15 is 0 Å². The number of ether oxygens (including phenoxy) is 3. The van der Waals surface area contributed by atoms with E-state index in [1.165, 1.54) is 12.1 Å². The van der Waals surface area contributed by atoms with Gasteiger partial charge in [-0.15, -0.1) is 0 Å². The molecule has 1 aromatic heterocycles. The van der Waals surface area contributed by atoms with Crippen molar-refractivity contribution in [3.05, 3.63) is 67.7 Å². The molecule has 0 radical (unpaired) electrons. The standard InChI is InChI=1S/C28H35FN2O8/c1-5-7-9-24(32)37-16-22-21(39-25(33)10-8-6-2)14-23(38-22)30-15-20(29)27(35)31(28(30)36)26(34)19-12-17(3)11-18(4)13-19/h11-13,15,21-23H,5-10,14,16H2,1-4H3/t21-,22+,23+/m0/s1. The van der Waals surface area contributed by atoms with Crippen LogP contribution >= 0.6 is 0 Å². The number of hydrogen-bond donors (Lipinski definition) is 0. The molecule has 11 heteroatoms. The highest BCUT2D eigenvalue weighted by Gasteiger charge is 2.41. The van der Waals surface area contributed by atoms with Crippen LogP contribution in [0.25, 0.3) is 0 Å². The third-order valence-electron chi connectivity index (χ3n) is 6.39. The Kier molecular flexibility index (Phi) is 10.3. The largest absolute Gasteiger partial charge is 0.463 e. The zero-order chi connectivity index (χ0) is 28.7. The molecule has 0 saturated carbocycles. The summed E-state index contributed by atoms with van der Waals surface area (Å²) < 4.78 is 32.5. The molecule has 1 saturated heterocycles. The van der Waals surface area contributed by atoms with E-state index in [0.717, 1.165) is 28.5 Å². The average Bonchev–Trinajstić information content (AvgIpc) is 3.28. The number of nitrogens with zero attached hydrogens (tertiary/aromatic N) is 2. The molecule has 0 aliphatic carbocycles. The van der Waals surface area contributed by atoms with E-state index in [-0.39, 0.29) is 36.0 Å². The summed E-state index contributed by atoms with van der Waals surface area (Å²) in [4.78, 5) is 63.5. The summed E-state index contributed by atoms with van der Waals surface area (Å²) in [5, 5.41) is 0. The fraction of sp³-hybridized carbons (Fsp3) is 0.536. The van der Waals surface area contributed by atoms with Crippen molar-refractivity contribution < 1.29 is 33.0 Å². The normalized spacial score (nSPS) is 18.6. The maximum atomic E-state index is 14.8. The highest BCUT2D eigenvalue weighted by atomic mass is 19.1. The molecular formula is C28H35FN2O8. The summed E-state index contributed by atoms with van der Waals surface area (Å²) in [6.45, 7) is 7.11. The van der Waals surface area contributed by atoms with Gasteiger partial charge in [-0.05, 0) is 38.8 Å². The molecule has 1 aliphatic rings. The molecule has 3 atom stereocenters. The van der Waals surface area contributed by atoms with Gasteiger partial charge in [0.1, 0.15) is 25.0 Å². The van der Waals surface area contributed by atoms with Crippen molar-refractivity contribution in [3.63, 3.8) is 0 Å². The van der Waals surface area contributed by atoms with E-state index in [4.69, 9.17) is 14.2 Å². The average molecular weight is 547 g/mol. The number of carbonyl (C=O) groups excluding carboxylic acids is 3. The van der Waals surface area contributed by atoms with Crippen LogP contribution in [0, 0.1) is 19.7 Å². The number of aromatic nitrogens is 2. The molecule has 3 rings (SSSR count). The number of hydrogen-bond acceptors (Lipinski definition) is 8. The Morgan fingerprint density at radius 1 is 1.00 bits per heavy atom. The van der Waals surface area contributed by atoms with E-state index in [2.05, 4.69) is 0 Å². The molecule has 0 unspecified atom stereocenters. The number of aryl methyl sites for hydroxylation is 2. The number of unbranched alkanes of at least 4 members (excludes halogenated alkanes) is 2. The Hall–Kier alpha value is -3.60. The van der Waals surface area contributed by atoms with Gasteiger partial charge in [0.05, 0.1) is 6.20 Å². The lowest BCUT2D eigenvalue weighted by atomic mass is 10.1. The van der Waals surface area contributed by atoms with Gasteiger partial charge in [-0.2, -0.15) is 8.96 Å². The van der Waals surface area contributed by atoms with Gasteiger partial charge >= 0.3 is 17.6 Å². The Morgan fingerprint density at radius 3 is 2.23 bits per heavy atom. The zero-order valence-corrected chi connectivity index (χ0v) is 22.7. The van der Waals surface area contributed by atoms with Crippen LogP contribution < -0.4 is 11.2 Å². The second-order valence-corrected chi connectivity index (χ2v) is 9.77. The molecule has 2 heterocycles. The van der Waals surface area contributed by atoms with Crippen LogP contribution in [0.2, 0.25) is 0 Å². The molecule has 1 fully saturated rings. The Bertz CT molecular complexity index is 1310. The minimum Gasteiger partial charge on any atom is -0.463 e. The van der Waals surface area contributed by atoms with Crippen LogP contribution in [0.1, 0.15) is 86.5 Å². The molecule has 212 valence electrons. The van der Waals surface area contributed by atoms with E-state index in [1.54, 1.807) is 13.8 Å². The summed E-state index contributed by atoms with van der Waals surface area (Å²) in [7, 11) is 0. The number of esters is 2. The summed E-state index contributed by atoms with van der Waals surface area (Å²) in [6.07, 6.45) is 0.803. The summed E-state index contributed by atoms with van der Waals surface area (Å²) in [6, 6.07) is 4.81. The molecule has 0 spiro atoms. The number of benzene rings is 1. The lowest BCUT2D eigenvalue weighted by molar-refractivity contribution is -0.158. The fourth-order valence-electron chi connectivity index (χ4n) is 4.42. The van der Waals surface area contributed by atoms with E-state index < -0.39 is 53.3 Å². The summed E-state index contributed by atoms with van der Waals surface area (Å²) in [5.41, 5.74) is -0.983. The molecule has 10 nitrogen and oxygen atoms in total. The van der Waals surface area contributed by atoms with Crippen molar-refractivity contribution in [2.75, 3.05) is 6.61 Å². The molecule has 0 amide bonds. The zero-order valence-electron chi connectivity index (χ0n) is 22.7. The van der Waals surface area contributed by atoms with Crippen molar-refractivity contribution in [1.82, 2.24) is 9.13 Å². The van der Waals surface area contributed by atoms with Gasteiger partial charge in [0.25, 0.3) is 11.5 Å². The van der Waals surface area contributed by atoms with Crippen LogP contribution in [0.15, 0.2) is 34.0 Å². The van der Waals surface area contributed by atoms with Gasteiger partial charge in [-0.1, -0.05) is 43.9 Å². The number of rotatable bonds is 11. The topological polar surface area (TPSA) is 123 Å². The van der Waals surface area contributed by atoms with E-state index in [0.29, 0.717) is 19.0 Å². The SMILES string of the molecule is CCCCC(=O)OC[C@H]1O[C@@H](n2cc(F)c(=O)n(C(=O)c3cc(C)cc(C)c3)c2=O)C[C@@H]1OC(=O)CCCC. The van der Waals surface area contributed by atoms with Gasteiger partial charge in [0, 0.05) is 24.8 Å². The molecule has 39 heavy (non-hydrogen) atoms. The minimum absolute atomic E-state index is 0.0517. The van der Waals surface area contributed by atoms with Crippen molar-refractivity contribution in [2.24, 2.45) is 0 Å². The molecule has 2 aromatic rings. The van der Waals surface area contributed by atoms with E-state index in [1.807, 2.05) is 19.9 Å². The van der Waals surface area contributed by atoms with Gasteiger partial charge in [-0.25, -0.2) is 4.79 Å². The monoisotopic (exact) mass is 546 g/mol. The smallest absolute Gasteiger partial charge is 0.340 e. The van der Waals surface area contributed by atoms with Crippen LogP contribution in [0.3, 0.4) is 0 Å². The first-order valence-corrected chi connectivity index (χ1v) is 13.2. The number of carbonyl (C=O) groups is 3. The third kappa shape index (κ3) is 7.50. The quantitative estimate of drug-likeness (QED) is 0.392. The van der Waals surface area contributed by atoms with Gasteiger partial charge in [-0.3, -0.25) is 23.7 Å². The van der Waals surface area contributed by atoms with Crippen LogP contribution in [-0.2, 0) is 23.8 Å². The van der Waals surface area contributed by atoms with Crippen LogP contribution in [-0.4, -0.2) is 45.8 Å². The van der Waals surface area contributed by atoms with Crippen molar-refractivity contribution in [3.8, 4) is 0 Å². The maximum Gasteiger partial charge on any atom is 0.340 e. The first-order valence-electron chi connectivity index (χ1n) is 13.2. The first-order chi connectivity index (χ1) is 18.5. The maximum absolute atomic E-state index is 14.8. The predicted molar refractivity (Wildman–Crippen MR) is 139 cm³/mol. The van der Waals surface area contributed by atoms with Gasteiger partial charge in [0.15, 0.2) is 0 Å². The second kappa shape index (κ2) is 13.5. The third-order valence-corrected chi connectivity index (χ3v) is 6.39. The molecule has 0 N–H and O–H groups in total. The Labute approximate surface area is 225 Å². The lowest BCUT2D eigenvalue weighted by Gasteiger charge is -2.19. The molecule has 0 bridgehead atoms. The Balaban J connectivity index is 1.92. The van der Waals surface area contributed by atoms with Crippen LogP contribution in [0.4, 0.5) is 4.39 Å². The van der Waals surface area contributed by atoms with Gasteiger partial charge < -0.3 is 14.2 Å². The second-order valence-electron chi connectivity index (χ2n) is 9.77. The minimum atomic E-state index is -1.39. The summed E-state index contributed by atoms with van der Waals surface area (Å²) >= 11 is 0. The summed E-state index contributed by atoms with van der Waals surface area (Å²) in [5.74, 6) is -3.24. The van der Waals surface area contributed by atoms with Crippen molar-refractivity contribution in [1.29, 1.82) is 0 Å². The van der Waals surface area contributed by atoms with Crippen molar-refractivity contribution >= 4 is 17.8 Å². The van der Waals surface area contributed by atoms with E-state index in [9.17, 15) is 28.4 Å². The fourth-order valence-corrected chi connectivity index (χ4v) is 4.42. The predicted octanol–water partition coefficient (Wildman–Crippen LogP) is 3.58.